The summed E-state index contributed by atoms with van der Waals surface area (Å²) in [6, 6.07) is 4.01. The quantitative estimate of drug-likeness (QED) is 0.874. The van der Waals surface area contributed by atoms with Gasteiger partial charge in [-0.1, -0.05) is 12.1 Å². The maximum atomic E-state index is 13.7. The molecule has 2 rings (SSSR count). The molecule has 144 valence electrons. The normalized spacial score (nSPS) is 19.3. The highest BCUT2D eigenvalue weighted by atomic mass is 19.1. The van der Waals surface area contributed by atoms with Crippen LogP contribution in [0.5, 0.6) is 0 Å². The summed E-state index contributed by atoms with van der Waals surface area (Å²) in [6.45, 7) is 9.71. The highest BCUT2D eigenvalue weighted by molar-refractivity contribution is 5.82. The predicted octanol–water partition coefficient (Wildman–Crippen LogP) is 2.64. The van der Waals surface area contributed by atoms with Gasteiger partial charge in [0, 0.05) is 25.7 Å². The number of amides is 2. The van der Waals surface area contributed by atoms with Crippen LogP contribution in [0.15, 0.2) is 18.2 Å². The molecule has 0 radical (unpaired) electrons. The first-order valence-electron chi connectivity index (χ1n) is 8.72. The van der Waals surface area contributed by atoms with Gasteiger partial charge in [0.2, 0.25) is 0 Å². The Morgan fingerprint density at radius 1 is 1.31 bits per heavy atom. The molecule has 1 aliphatic rings. The highest BCUT2D eigenvalue weighted by Gasteiger charge is 2.34. The Hall–Kier alpha value is -2.15. The molecule has 2 amide bonds. The van der Waals surface area contributed by atoms with Crippen LogP contribution in [-0.4, -0.2) is 58.2 Å². The van der Waals surface area contributed by atoms with Gasteiger partial charge in [0.1, 0.15) is 11.4 Å². The van der Waals surface area contributed by atoms with Crippen LogP contribution in [0.25, 0.3) is 0 Å². The van der Waals surface area contributed by atoms with Crippen LogP contribution in [0.4, 0.5) is 9.18 Å². The predicted molar refractivity (Wildman–Crippen MR) is 95.1 cm³/mol. The van der Waals surface area contributed by atoms with Crippen LogP contribution in [-0.2, 0) is 9.53 Å². The summed E-state index contributed by atoms with van der Waals surface area (Å²) in [5.74, 6) is -0.957. The van der Waals surface area contributed by atoms with E-state index in [1.807, 2.05) is 6.92 Å². The van der Waals surface area contributed by atoms with E-state index in [1.54, 1.807) is 38.7 Å². The minimum atomic E-state index is -1.43. The minimum absolute atomic E-state index is 0.223. The number of halogens is 1. The molecule has 1 unspecified atom stereocenters. The Morgan fingerprint density at radius 3 is 2.50 bits per heavy atom. The van der Waals surface area contributed by atoms with Crippen molar-refractivity contribution in [2.75, 3.05) is 19.6 Å². The molecule has 0 aromatic heterocycles. The first-order valence-corrected chi connectivity index (χ1v) is 8.72. The molecule has 1 aromatic rings. The van der Waals surface area contributed by atoms with Crippen LogP contribution in [0.1, 0.15) is 44.9 Å². The van der Waals surface area contributed by atoms with Crippen molar-refractivity contribution in [3.63, 3.8) is 0 Å². The molecule has 1 aromatic carbocycles. The molecule has 2 atom stereocenters. The fourth-order valence-electron chi connectivity index (χ4n) is 2.84. The average molecular weight is 366 g/mol. The van der Waals surface area contributed by atoms with Gasteiger partial charge in [-0.05, 0) is 51.8 Å². The maximum Gasteiger partial charge on any atom is 0.410 e. The van der Waals surface area contributed by atoms with Crippen molar-refractivity contribution < 1.29 is 23.8 Å². The van der Waals surface area contributed by atoms with E-state index in [-0.39, 0.29) is 24.7 Å². The Bertz CT molecular complexity index is 687. The third-order valence-corrected chi connectivity index (χ3v) is 4.31. The Labute approximate surface area is 153 Å². The number of carbonyl (C=O) groups is 2. The van der Waals surface area contributed by atoms with Crippen LogP contribution in [0, 0.1) is 12.7 Å². The molecule has 1 saturated heterocycles. The lowest BCUT2D eigenvalue weighted by Gasteiger charge is -2.40. The molecule has 1 aliphatic heterocycles. The van der Waals surface area contributed by atoms with Crippen molar-refractivity contribution in [2.45, 2.75) is 52.4 Å². The number of ether oxygens (including phenoxy) is 1. The highest BCUT2D eigenvalue weighted by Crippen LogP contribution is 2.22. The number of hydrogen-bond donors (Lipinski definition) is 1. The molecular weight excluding hydrogens is 339 g/mol. The third kappa shape index (κ3) is 4.72. The first kappa shape index (κ1) is 20.2. The summed E-state index contributed by atoms with van der Waals surface area (Å²) < 4.78 is 19.1. The second-order valence-corrected chi connectivity index (χ2v) is 7.72. The third-order valence-electron chi connectivity index (χ3n) is 4.31. The summed E-state index contributed by atoms with van der Waals surface area (Å²) in [5.41, 5.74) is 0.0865. The summed E-state index contributed by atoms with van der Waals surface area (Å²) in [4.78, 5) is 27.9. The molecule has 26 heavy (non-hydrogen) atoms. The van der Waals surface area contributed by atoms with Gasteiger partial charge in [-0.25, -0.2) is 9.18 Å². The zero-order chi connectivity index (χ0) is 19.6. The van der Waals surface area contributed by atoms with E-state index in [4.69, 9.17) is 4.74 Å². The van der Waals surface area contributed by atoms with Crippen LogP contribution in [0.2, 0.25) is 0 Å². The lowest BCUT2D eigenvalue weighted by molar-refractivity contribution is -0.143. The Balaban J connectivity index is 2.02. The average Bonchev–Trinajstić information content (AvgIpc) is 2.54. The fourth-order valence-corrected chi connectivity index (χ4v) is 2.84. The van der Waals surface area contributed by atoms with Gasteiger partial charge in [0.15, 0.2) is 6.10 Å². The number of rotatable bonds is 2. The monoisotopic (exact) mass is 366 g/mol. The molecule has 0 aliphatic carbocycles. The van der Waals surface area contributed by atoms with Gasteiger partial charge in [0.25, 0.3) is 5.91 Å². The van der Waals surface area contributed by atoms with E-state index in [0.29, 0.717) is 12.1 Å². The molecule has 6 nitrogen and oxygen atoms in total. The van der Waals surface area contributed by atoms with Crippen molar-refractivity contribution in [3.8, 4) is 0 Å². The van der Waals surface area contributed by atoms with Gasteiger partial charge < -0.3 is 19.6 Å². The van der Waals surface area contributed by atoms with Crippen molar-refractivity contribution in [1.29, 1.82) is 0 Å². The number of nitrogens with zero attached hydrogens (tertiary/aromatic N) is 2. The molecule has 7 heteroatoms. The Kier molecular flexibility index (Phi) is 5.91. The van der Waals surface area contributed by atoms with Crippen LogP contribution in [0.3, 0.4) is 0 Å². The lowest BCUT2D eigenvalue weighted by Crippen LogP contribution is -2.56. The van der Waals surface area contributed by atoms with Gasteiger partial charge in [0.05, 0.1) is 0 Å². The summed E-state index contributed by atoms with van der Waals surface area (Å²) in [7, 11) is 0. The molecular formula is C19H27FN2O4. The molecule has 0 saturated carbocycles. The second-order valence-electron chi connectivity index (χ2n) is 7.72. The number of aliphatic hydroxyl groups excluding tert-OH is 1. The van der Waals surface area contributed by atoms with Gasteiger partial charge in [-0.2, -0.15) is 0 Å². The van der Waals surface area contributed by atoms with Crippen LogP contribution >= 0.6 is 0 Å². The maximum absolute atomic E-state index is 13.7. The zero-order valence-corrected chi connectivity index (χ0v) is 16.0. The van der Waals surface area contributed by atoms with Crippen molar-refractivity contribution in [3.05, 3.63) is 35.1 Å². The topological polar surface area (TPSA) is 70.1 Å². The number of piperazine rings is 1. The standard InChI is InChI=1S/C19H27FN2O4/c1-12-6-7-14(10-15(12)20)16(23)17(24)21-8-9-22(13(2)11-21)18(25)26-19(3,4)5/h6-7,10,13,16,23H,8-9,11H2,1-5H3/t13-,16?/m1/s1. The first-order chi connectivity index (χ1) is 12.0. The molecule has 1 heterocycles. The minimum Gasteiger partial charge on any atom is -0.444 e. The summed E-state index contributed by atoms with van der Waals surface area (Å²) in [5, 5.41) is 10.3. The van der Waals surface area contributed by atoms with E-state index < -0.39 is 29.5 Å². The van der Waals surface area contributed by atoms with E-state index in [0.717, 1.165) is 0 Å². The van der Waals surface area contributed by atoms with Crippen molar-refractivity contribution in [2.24, 2.45) is 0 Å². The number of carbonyl (C=O) groups excluding carboxylic acids is 2. The molecule has 1 N–H and O–H groups in total. The summed E-state index contributed by atoms with van der Waals surface area (Å²) in [6.07, 6.45) is -1.84. The summed E-state index contributed by atoms with van der Waals surface area (Å²) >= 11 is 0. The van der Waals surface area contributed by atoms with Crippen molar-refractivity contribution in [1.82, 2.24) is 9.80 Å². The van der Waals surface area contributed by atoms with E-state index >= 15 is 0 Å². The number of aryl methyl sites for hydroxylation is 1. The van der Waals surface area contributed by atoms with E-state index in [2.05, 4.69) is 0 Å². The van der Waals surface area contributed by atoms with E-state index in [1.165, 1.54) is 17.0 Å². The second kappa shape index (κ2) is 7.61. The zero-order valence-electron chi connectivity index (χ0n) is 16.0. The van der Waals surface area contributed by atoms with Gasteiger partial charge in [-0.15, -0.1) is 0 Å². The number of hydrogen-bond acceptors (Lipinski definition) is 4. The van der Waals surface area contributed by atoms with Crippen LogP contribution < -0.4 is 0 Å². The van der Waals surface area contributed by atoms with E-state index in [9.17, 15) is 19.1 Å². The molecule has 0 spiro atoms. The number of benzene rings is 1. The lowest BCUT2D eigenvalue weighted by atomic mass is 10.0. The van der Waals surface area contributed by atoms with Gasteiger partial charge >= 0.3 is 6.09 Å². The SMILES string of the molecule is Cc1ccc(C(O)C(=O)N2CCN(C(=O)OC(C)(C)C)[C@H](C)C2)cc1F. The largest absolute Gasteiger partial charge is 0.444 e. The molecule has 0 bridgehead atoms. The van der Waals surface area contributed by atoms with Crippen molar-refractivity contribution >= 4 is 12.0 Å². The van der Waals surface area contributed by atoms with Gasteiger partial charge in [-0.3, -0.25) is 4.79 Å². The Morgan fingerprint density at radius 2 is 1.96 bits per heavy atom. The smallest absolute Gasteiger partial charge is 0.410 e. The molecule has 1 fully saturated rings. The number of aliphatic hydroxyl groups is 1. The fraction of sp³-hybridized carbons (Fsp3) is 0.579.